The van der Waals surface area contributed by atoms with E-state index in [1.807, 2.05) is 54.6 Å². The van der Waals surface area contributed by atoms with Crippen LogP contribution in [0.15, 0.2) is 59.1 Å². The van der Waals surface area contributed by atoms with Crippen LogP contribution in [0.3, 0.4) is 0 Å². The van der Waals surface area contributed by atoms with E-state index in [0.29, 0.717) is 5.56 Å². The van der Waals surface area contributed by atoms with Crippen LogP contribution in [0, 0.1) is 0 Å². The van der Waals surface area contributed by atoms with Crippen LogP contribution in [0.2, 0.25) is 0 Å². The van der Waals surface area contributed by atoms with E-state index in [9.17, 15) is 4.79 Å². The lowest BCUT2D eigenvalue weighted by Gasteiger charge is -2.16. The molecule has 2 unspecified atom stereocenters. The maximum atomic E-state index is 12.3. The molecule has 98 valence electrons. The second kappa shape index (κ2) is 6.82. The summed E-state index contributed by atoms with van der Waals surface area (Å²) < 4.78 is 1.02. The number of halogens is 3. The highest BCUT2D eigenvalue weighted by Crippen LogP contribution is 2.33. The zero-order valence-electron chi connectivity index (χ0n) is 9.89. The molecule has 1 nitrogen and oxygen atoms in total. The van der Waals surface area contributed by atoms with Crippen LogP contribution < -0.4 is 0 Å². The summed E-state index contributed by atoms with van der Waals surface area (Å²) >= 11 is 10.5. The molecule has 0 aromatic heterocycles. The molecule has 2 aromatic carbocycles. The standard InChI is InChI=1S/C15H11Br3O/c16-12-8-6-10(7-9-12)13(17)14(18)15(19)11-4-2-1-3-5-11/h1-9,13-14H. The highest BCUT2D eigenvalue weighted by molar-refractivity contribution is 9.12. The fourth-order valence-corrected chi connectivity index (χ4v) is 3.09. The zero-order valence-corrected chi connectivity index (χ0v) is 14.7. The first-order chi connectivity index (χ1) is 9.09. The SMILES string of the molecule is O=C(c1ccccc1)C(Br)C(Br)c1ccc(Br)cc1. The van der Waals surface area contributed by atoms with Crippen LogP contribution in [0.5, 0.6) is 0 Å². The van der Waals surface area contributed by atoms with Gasteiger partial charge in [0.25, 0.3) is 0 Å². The summed E-state index contributed by atoms with van der Waals surface area (Å²) in [4.78, 5) is 12.0. The highest BCUT2D eigenvalue weighted by atomic mass is 79.9. The fraction of sp³-hybridized carbons (Fsp3) is 0.133. The summed E-state index contributed by atoms with van der Waals surface area (Å²) in [5.74, 6) is 0.0744. The lowest BCUT2D eigenvalue weighted by atomic mass is 10.0. The summed E-state index contributed by atoms with van der Waals surface area (Å²) in [6.07, 6.45) is 0. The van der Waals surface area contributed by atoms with Crippen LogP contribution in [-0.4, -0.2) is 10.6 Å². The lowest BCUT2D eigenvalue weighted by molar-refractivity contribution is 0.0991. The molecule has 0 aliphatic carbocycles. The minimum atomic E-state index is -0.295. The van der Waals surface area contributed by atoms with Crippen molar-refractivity contribution in [2.75, 3.05) is 0 Å². The molecule has 19 heavy (non-hydrogen) atoms. The number of ketones is 1. The van der Waals surface area contributed by atoms with Gasteiger partial charge in [0.05, 0.1) is 9.65 Å². The molecule has 0 amide bonds. The normalized spacial score (nSPS) is 13.8. The molecule has 0 aliphatic rings. The Morgan fingerprint density at radius 1 is 0.895 bits per heavy atom. The molecule has 2 aromatic rings. The van der Waals surface area contributed by atoms with Gasteiger partial charge < -0.3 is 0 Å². The molecular formula is C15H11Br3O. The highest BCUT2D eigenvalue weighted by Gasteiger charge is 2.25. The molecule has 0 radical (unpaired) electrons. The van der Waals surface area contributed by atoms with Crippen molar-refractivity contribution in [2.24, 2.45) is 0 Å². The number of alkyl halides is 2. The van der Waals surface area contributed by atoms with Crippen molar-refractivity contribution in [1.29, 1.82) is 0 Å². The Hall–Kier alpha value is -0.450. The molecule has 0 heterocycles. The van der Waals surface area contributed by atoms with Gasteiger partial charge in [-0.2, -0.15) is 0 Å². The molecule has 2 rings (SSSR count). The van der Waals surface area contributed by atoms with Crippen molar-refractivity contribution < 1.29 is 4.79 Å². The molecule has 0 N–H and O–H groups in total. The predicted molar refractivity (Wildman–Crippen MR) is 89.3 cm³/mol. The largest absolute Gasteiger partial charge is 0.293 e. The first-order valence-corrected chi connectivity index (χ1v) is 8.35. The molecule has 2 atom stereocenters. The van der Waals surface area contributed by atoms with E-state index in [1.165, 1.54) is 0 Å². The summed E-state index contributed by atoms with van der Waals surface area (Å²) in [6.45, 7) is 0. The predicted octanol–water partition coefficient (Wildman–Crippen LogP) is 5.53. The van der Waals surface area contributed by atoms with E-state index >= 15 is 0 Å². The van der Waals surface area contributed by atoms with Crippen molar-refractivity contribution in [1.82, 2.24) is 0 Å². The van der Waals surface area contributed by atoms with E-state index in [0.717, 1.165) is 10.0 Å². The van der Waals surface area contributed by atoms with Gasteiger partial charge in [-0.3, -0.25) is 4.79 Å². The molecule has 0 saturated carbocycles. The Morgan fingerprint density at radius 2 is 1.47 bits per heavy atom. The topological polar surface area (TPSA) is 17.1 Å². The minimum absolute atomic E-state index is 0.0618. The summed E-state index contributed by atoms with van der Waals surface area (Å²) in [7, 11) is 0. The van der Waals surface area contributed by atoms with Crippen LogP contribution in [0.4, 0.5) is 0 Å². The number of benzene rings is 2. The second-order valence-corrected chi connectivity index (χ2v) is 6.97. The van der Waals surface area contributed by atoms with Crippen molar-refractivity contribution in [3.63, 3.8) is 0 Å². The van der Waals surface area contributed by atoms with Gasteiger partial charge in [-0.25, -0.2) is 0 Å². The van der Waals surface area contributed by atoms with Gasteiger partial charge in [0.2, 0.25) is 0 Å². The third-order valence-corrected chi connectivity index (χ3v) is 5.99. The Morgan fingerprint density at radius 3 is 2.05 bits per heavy atom. The molecule has 0 aliphatic heterocycles. The molecule has 4 heteroatoms. The van der Waals surface area contributed by atoms with Gasteiger partial charge in [0, 0.05) is 10.0 Å². The van der Waals surface area contributed by atoms with Crippen molar-refractivity contribution in [3.8, 4) is 0 Å². The monoisotopic (exact) mass is 444 g/mol. The van der Waals surface area contributed by atoms with E-state index in [4.69, 9.17) is 0 Å². The maximum absolute atomic E-state index is 12.3. The number of hydrogen-bond donors (Lipinski definition) is 0. The van der Waals surface area contributed by atoms with Crippen molar-refractivity contribution in [3.05, 3.63) is 70.2 Å². The van der Waals surface area contributed by atoms with E-state index < -0.39 is 0 Å². The quantitative estimate of drug-likeness (QED) is 0.445. The molecular weight excluding hydrogens is 436 g/mol. The van der Waals surface area contributed by atoms with Crippen LogP contribution >= 0.6 is 47.8 Å². The first kappa shape index (κ1) is 14.9. The molecule has 0 fully saturated rings. The Labute approximate surface area is 137 Å². The summed E-state index contributed by atoms with van der Waals surface area (Å²) in [6, 6.07) is 17.2. The van der Waals surface area contributed by atoms with Gasteiger partial charge >= 0.3 is 0 Å². The van der Waals surface area contributed by atoms with Gasteiger partial charge in [-0.1, -0.05) is 90.3 Å². The summed E-state index contributed by atoms with van der Waals surface area (Å²) in [5, 5.41) is 0. The van der Waals surface area contributed by atoms with Crippen molar-refractivity contribution >= 4 is 53.6 Å². The van der Waals surface area contributed by atoms with Crippen molar-refractivity contribution in [2.45, 2.75) is 9.65 Å². The number of Topliss-reactive ketones (excluding diaryl/α,β-unsaturated/α-hetero) is 1. The number of carbonyl (C=O) groups is 1. The summed E-state index contributed by atoms with van der Waals surface area (Å²) in [5.41, 5.74) is 1.78. The van der Waals surface area contributed by atoms with Gasteiger partial charge in [-0.15, -0.1) is 0 Å². The van der Waals surface area contributed by atoms with E-state index in [-0.39, 0.29) is 15.4 Å². The average molecular weight is 447 g/mol. The van der Waals surface area contributed by atoms with E-state index in [1.54, 1.807) is 0 Å². The minimum Gasteiger partial charge on any atom is -0.293 e. The molecule has 0 bridgehead atoms. The van der Waals surface area contributed by atoms with Crippen LogP contribution in [0.1, 0.15) is 20.7 Å². The average Bonchev–Trinajstić information content (AvgIpc) is 2.46. The third kappa shape index (κ3) is 3.77. The van der Waals surface area contributed by atoms with E-state index in [2.05, 4.69) is 47.8 Å². The molecule has 0 saturated heterocycles. The number of rotatable bonds is 4. The lowest BCUT2D eigenvalue weighted by Crippen LogP contribution is -2.19. The second-order valence-electron chi connectivity index (χ2n) is 4.09. The Kier molecular flexibility index (Phi) is 5.37. The molecule has 0 spiro atoms. The number of carbonyl (C=O) groups excluding carboxylic acids is 1. The zero-order chi connectivity index (χ0) is 13.8. The fourth-order valence-electron chi connectivity index (χ4n) is 1.71. The smallest absolute Gasteiger partial charge is 0.177 e. The number of hydrogen-bond acceptors (Lipinski definition) is 1. The maximum Gasteiger partial charge on any atom is 0.177 e. The first-order valence-electron chi connectivity index (χ1n) is 5.72. The van der Waals surface area contributed by atoms with Crippen LogP contribution in [-0.2, 0) is 0 Å². The third-order valence-electron chi connectivity index (χ3n) is 2.75. The Bertz CT molecular complexity index is 551. The van der Waals surface area contributed by atoms with Gasteiger partial charge in [0.15, 0.2) is 5.78 Å². The Balaban J connectivity index is 2.17. The van der Waals surface area contributed by atoms with Gasteiger partial charge in [-0.05, 0) is 17.7 Å². The van der Waals surface area contributed by atoms with Gasteiger partial charge in [0.1, 0.15) is 0 Å². The van der Waals surface area contributed by atoms with Crippen LogP contribution in [0.25, 0.3) is 0 Å².